The summed E-state index contributed by atoms with van der Waals surface area (Å²) in [6, 6.07) is 19.5. The van der Waals surface area contributed by atoms with Crippen LogP contribution in [0.15, 0.2) is 54.6 Å². The Morgan fingerprint density at radius 3 is 2.36 bits per heavy atom. The molecule has 0 bridgehead atoms. The van der Waals surface area contributed by atoms with Gasteiger partial charge in [0.2, 0.25) is 0 Å². The second-order valence-corrected chi connectivity index (χ2v) is 5.77. The van der Waals surface area contributed by atoms with E-state index in [0.29, 0.717) is 12.6 Å². The molecule has 1 aliphatic rings. The van der Waals surface area contributed by atoms with Crippen LogP contribution < -0.4 is 10.1 Å². The first-order valence-electron chi connectivity index (χ1n) is 7.89. The van der Waals surface area contributed by atoms with Crippen molar-refractivity contribution >= 4 is 12.4 Å². The zero-order valence-electron chi connectivity index (χ0n) is 12.8. The summed E-state index contributed by atoms with van der Waals surface area (Å²) < 4.78 is 5.82. The summed E-state index contributed by atoms with van der Waals surface area (Å²) in [6.45, 7) is 1.80. The van der Waals surface area contributed by atoms with Gasteiger partial charge in [0.15, 0.2) is 0 Å². The lowest BCUT2D eigenvalue weighted by Crippen LogP contribution is -2.35. The molecule has 1 heterocycles. The molecule has 0 radical (unpaired) electrons. The molecule has 1 atom stereocenters. The minimum Gasteiger partial charge on any atom is -0.489 e. The Balaban J connectivity index is 0.00000176. The number of nitrogens with one attached hydrogen (secondary N) is 1. The van der Waals surface area contributed by atoms with E-state index in [1.54, 1.807) is 0 Å². The van der Waals surface area contributed by atoms with E-state index in [9.17, 15) is 0 Å². The third-order valence-corrected chi connectivity index (χ3v) is 4.07. The molecule has 0 aliphatic carbocycles. The standard InChI is InChI=1S/C19H23NO.ClH/c1-2-6-17(7-3-1)15-21-19-11-9-16(10-12-19)14-18-8-4-5-13-20-18;/h1-3,6-7,9-12,18,20H,4-5,8,13-15H2;1H. The third-order valence-electron chi connectivity index (χ3n) is 4.07. The molecule has 3 heteroatoms. The lowest BCUT2D eigenvalue weighted by Gasteiger charge is -2.23. The summed E-state index contributed by atoms with van der Waals surface area (Å²) in [4.78, 5) is 0. The Morgan fingerprint density at radius 2 is 1.68 bits per heavy atom. The predicted octanol–water partition coefficient (Wildman–Crippen LogP) is 4.37. The van der Waals surface area contributed by atoms with Crippen molar-refractivity contribution in [2.45, 2.75) is 38.3 Å². The van der Waals surface area contributed by atoms with Crippen LogP contribution in [-0.4, -0.2) is 12.6 Å². The van der Waals surface area contributed by atoms with Crippen LogP contribution in [0.5, 0.6) is 5.75 Å². The Labute approximate surface area is 139 Å². The highest BCUT2D eigenvalue weighted by Crippen LogP contribution is 2.17. The summed E-state index contributed by atoms with van der Waals surface area (Å²) in [5, 5.41) is 3.60. The Kier molecular flexibility index (Phi) is 6.75. The minimum absolute atomic E-state index is 0. The van der Waals surface area contributed by atoms with Gasteiger partial charge in [-0.2, -0.15) is 0 Å². The number of halogens is 1. The SMILES string of the molecule is Cl.c1ccc(COc2ccc(CC3CCCCN3)cc2)cc1. The normalized spacial score (nSPS) is 17.5. The zero-order chi connectivity index (χ0) is 14.3. The molecule has 118 valence electrons. The number of benzene rings is 2. The van der Waals surface area contributed by atoms with Crippen LogP contribution in [0, 0.1) is 0 Å². The lowest BCUT2D eigenvalue weighted by molar-refractivity contribution is 0.306. The van der Waals surface area contributed by atoms with Crippen LogP contribution >= 0.6 is 12.4 Å². The van der Waals surface area contributed by atoms with Crippen LogP contribution in [0.4, 0.5) is 0 Å². The largest absolute Gasteiger partial charge is 0.489 e. The lowest BCUT2D eigenvalue weighted by atomic mass is 9.98. The van der Waals surface area contributed by atoms with Crippen LogP contribution in [0.25, 0.3) is 0 Å². The first-order valence-corrected chi connectivity index (χ1v) is 7.89. The van der Waals surface area contributed by atoms with Gasteiger partial charge in [0.25, 0.3) is 0 Å². The van der Waals surface area contributed by atoms with Crippen molar-refractivity contribution in [3.8, 4) is 5.75 Å². The predicted molar refractivity (Wildman–Crippen MR) is 93.8 cm³/mol. The van der Waals surface area contributed by atoms with Gasteiger partial charge in [-0.1, -0.05) is 48.9 Å². The molecule has 1 fully saturated rings. The van der Waals surface area contributed by atoms with E-state index >= 15 is 0 Å². The van der Waals surface area contributed by atoms with Crippen molar-refractivity contribution < 1.29 is 4.74 Å². The maximum Gasteiger partial charge on any atom is 0.119 e. The monoisotopic (exact) mass is 317 g/mol. The fourth-order valence-corrected chi connectivity index (χ4v) is 2.85. The van der Waals surface area contributed by atoms with E-state index in [-0.39, 0.29) is 12.4 Å². The highest BCUT2D eigenvalue weighted by Gasteiger charge is 2.12. The van der Waals surface area contributed by atoms with Crippen LogP contribution in [0.1, 0.15) is 30.4 Å². The van der Waals surface area contributed by atoms with E-state index in [0.717, 1.165) is 12.2 Å². The molecule has 1 N–H and O–H groups in total. The van der Waals surface area contributed by atoms with Crippen molar-refractivity contribution in [3.63, 3.8) is 0 Å². The fourth-order valence-electron chi connectivity index (χ4n) is 2.85. The number of rotatable bonds is 5. The fraction of sp³-hybridized carbons (Fsp3) is 0.368. The smallest absolute Gasteiger partial charge is 0.119 e. The first kappa shape index (κ1) is 16.9. The van der Waals surface area contributed by atoms with Gasteiger partial charge in [-0.05, 0) is 49.1 Å². The third kappa shape index (κ3) is 5.04. The summed E-state index contributed by atoms with van der Waals surface area (Å²) in [5.41, 5.74) is 2.59. The molecular weight excluding hydrogens is 294 g/mol. The second kappa shape index (κ2) is 8.82. The van der Waals surface area contributed by atoms with Crippen molar-refractivity contribution in [1.29, 1.82) is 0 Å². The number of hydrogen-bond donors (Lipinski definition) is 1. The van der Waals surface area contributed by atoms with Crippen LogP contribution in [0.3, 0.4) is 0 Å². The van der Waals surface area contributed by atoms with E-state index < -0.39 is 0 Å². The molecule has 2 aromatic carbocycles. The molecule has 1 unspecified atom stereocenters. The van der Waals surface area contributed by atoms with E-state index in [2.05, 4.69) is 41.7 Å². The number of hydrogen-bond acceptors (Lipinski definition) is 2. The van der Waals surface area contributed by atoms with Crippen molar-refractivity contribution in [2.75, 3.05) is 6.54 Å². The molecular formula is C19H24ClNO. The second-order valence-electron chi connectivity index (χ2n) is 5.77. The van der Waals surface area contributed by atoms with Gasteiger partial charge in [0, 0.05) is 6.04 Å². The summed E-state index contributed by atoms with van der Waals surface area (Å²) >= 11 is 0. The maximum atomic E-state index is 5.82. The van der Waals surface area contributed by atoms with Crippen molar-refractivity contribution in [2.24, 2.45) is 0 Å². The minimum atomic E-state index is 0. The number of piperidine rings is 1. The van der Waals surface area contributed by atoms with E-state index in [1.807, 2.05) is 18.2 Å². The molecule has 0 aromatic heterocycles. The summed E-state index contributed by atoms with van der Waals surface area (Å²) in [5.74, 6) is 0.944. The van der Waals surface area contributed by atoms with Gasteiger partial charge in [0.1, 0.15) is 12.4 Å². The Morgan fingerprint density at radius 1 is 0.909 bits per heavy atom. The Hall–Kier alpha value is -1.51. The average molecular weight is 318 g/mol. The summed E-state index contributed by atoms with van der Waals surface area (Å²) in [7, 11) is 0. The molecule has 22 heavy (non-hydrogen) atoms. The van der Waals surface area contributed by atoms with Gasteiger partial charge >= 0.3 is 0 Å². The maximum absolute atomic E-state index is 5.82. The quantitative estimate of drug-likeness (QED) is 0.884. The highest BCUT2D eigenvalue weighted by molar-refractivity contribution is 5.85. The molecule has 3 rings (SSSR count). The van der Waals surface area contributed by atoms with Crippen LogP contribution in [0.2, 0.25) is 0 Å². The molecule has 2 aromatic rings. The van der Waals surface area contributed by atoms with Gasteiger partial charge in [0.05, 0.1) is 0 Å². The average Bonchev–Trinajstić information content (AvgIpc) is 2.56. The van der Waals surface area contributed by atoms with E-state index in [1.165, 1.54) is 36.9 Å². The molecule has 0 amide bonds. The van der Waals surface area contributed by atoms with Crippen molar-refractivity contribution in [1.82, 2.24) is 5.32 Å². The summed E-state index contributed by atoms with van der Waals surface area (Å²) in [6.07, 6.45) is 5.10. The molecule has 1 aliphatic heterocycles. The van der Waals surface area contributed by atoms with Gasteiger partial charge in [-0.3, -0.25) is 0 Å². The van der Waals surface area contributed by atoms with Crippen molar-refractivity contribution in [3.05, 3.63) is 65.7 Å². The first-order chi connectivity index (χ1) is 10.4. The van der Waals surface area contributed by atoms with E-state index in [4.69, 9.17) is 4.74 Å². The van der Waals surface area contributed by atoms with Gasteiger partial charge < -0.3 is 10.1 Å². The van der Waals surface area contributed by atoms with Gasteiger partial charge in [-0.15, -0.1) is 12.4 Å². The van der Waals surface area contributed by atoms with Crippen LogP contribution in [-0.2, 0) is 13.0 Å². The molecule has 2 nitrogen and oxygen atoms in total. The topological polar surface area (TPSA) is 21.3 Å². The molecule has 0 saturated carbocycles. The highest BCUT2D eigenvalue weighted by atomic mass is 35.5. The number of ether oxygens (including phenoxy) is 1. The van der Waals surface area contributed by atoms with Gasteiger partial charge in [-0.25, -0.2) is 0 Å². The molecule has 1 saturated heterocycles. The Bertz CT molecular complexity index is 535. The zero-order valence-corrected chi connectivity index (χ0v) is 13.6. The molecule has 0 spiro atoms.